The molecule has 18 heavy (non-hydrogen) atoms. The van der Waals surface area contributed by atoms with Crippen molar-refractivity contribution in [3.05, 3.63) is 48.3 Å². The van der Waals surface area contributed by atoms with Crippen LogP contribution in [-0.4, -0.2) is 25.6 Å². The summed E-state index contributed by atoms with van der Waals surface area (Å²) in [6.45, 7) is 3.58. The van der Waals surface area contributed by atoms with Gasteiger partial charge in [-0.1, -0.05) is 13.0 Å². The Morgan fingerprint density at radius 3 is 2.72 bits per heavy atom. The number of hydrogen-bond donors (Lipinski definition) is 1. The van der Waals surface area contributed by atoms with Gasteiger partial charge in [0.1, 0.15) is 5.82 Å². The van der Waals surface area contributed by atoms with Crippen LogP contribution in [0, 0.1) is 0 Å². The van der Waals surface area contributed by atoms with Gasteiger partial charge in [0, 0.05) is 25.0 Å². The minimum atomic E-state index is -1.23. The van der Waals surface area contributed by atoms with Gasteiger partial charge in [-0.2, -0.15) is 0 Å². The van der Waals surface area contributed by atoms with E-state index in [1.54, 1.807) is 48.3 Å². The van der Waals surface area contributed by atoms with Gasteiger partial charge in [-0.05, 0) is 19.1 Å². The Balaban J connectivity index is 2.62. The van der Waals surface area contributed by atoms with Gasteiger partial charge >= 0.3 is 5.97 Å². The first-order valence-electron chi connectivity index (χ1n) is 5.78. The molecule has 0 saturated heterocycles. The fourth-order valence-corrected chi connectivity index (χ4v) is 1.99. The van der Waals surface area contributed by atoms with Crippen molar-refractivity contribution in [1.82, 2.24) is 14.5 Å². The number of pyridine rings is 1. The molecule has 0 spiro atoms. The summed E-state index contributed by atoms with van der Waals surface area (Å²) in [7, 11) is 0. The van der Waals surface area contributed by atoms with Crippen molar-refractivity contribution in [1.29, 1.82) is 0 Å². The van der Waals surface area contributed by atoms with E-state index in [9.17, 15) is 9.90 Å². The highest BCUT2D eigenvalue weighted by atomic mass is 16.4. The second-order valence-electron chi connectivity index (χ2n) is 4.16. The van der Waals surface area contributed by atoms with Crippen LogP contribution in [-0.2, 0) is 16.8 Å². The van der Waals surface area contributed by atoms with Crippen molar-refractivity contribution >= 4 is 5.97 Å². The summed E-state index contributed by atoms with van der Waals surface area (Å²) in [6, 6.07) is 5.26. The smallest absolute Gasteiger partial charge is 0.335 e. The molecule has 94 valence electrons. The molecule has 2 aromatic heterocycles. The number of carbonyl (C=O) groups is 1. The summed E-state index contributed by atoms with van der Waals surface area (Å²) in [4.78, 5) is 20.1. The summed E-state index contributed by atoms with van der Waals surface area (Å²) < 4.78 is 1.66. The van der Waals surface area contributed by atoms with Gasteiger partial charge in [0.25, 0.3) is 0 Å². The van der Waals surface area contributed by atoms with E-state index in [4.69, 9.17) is 0 Å². The van der Waals surface area contributed by atoms with E-state index >= 15 is 0 Å². The highest BCUT2D eigenvalue weighted by Crippen LogP contribution is 2.26. The third-order valence-electron chi connectivity index (χ3n) is 3.10. The van der Waals surface area contributed by atoms with Gasteiger partial charge < -0.3 is 9.67 Å². The zero-order valence-electron chi connectivity index (χ0n) is 10.4. The Labute approximate surface area is 105 Å². The molecule has 1 N–H and O–H groups in total. The zero-order chi connectivity index (χ0) is 13.2. The number of hydrogen-bond acceptors (Lipinski definition) is 3. The van der Waals surface area contributed by atoms with Crippen molar-refractivity contribution in [3.63, 3.8) is 0 Å². The molecule has 0 aromatic carbocycles. The fraction of sp³-hybridized carbons (Fsp3) is 0.308. The Hall–Kier alpha value is -2.17. The minimum Gasteiger partial charge on any atom is -0.479 e. The third-order valence-corrected chi connectivity index (χ3v) is 3.10. The molecule has 0 aliphatic rings. The predicted molar refractivity (Wildman–Crippen MR) is 66.2 cm³/mol. The van der Waals surface area contributed by atoms with Crippen LogP contribution in [0.25, 0.3) is 0 Å². The van der Waals surface area contributed by atoms with Crippen LogP contribution in [0.2, 0.25) is 0 Å². The van der Waals surface area contributed by atoms with E-state index in [1.165, 1.54) is 0 Å². The van der Waals surface area contributed by atoms with Crippen LogP contribution in [0.3, 0.4) is 0 Å². The minimum absolute atomic E-state index is 0.491. The van der Waals surface area contributed by atoms with Crippen LogP contribution in [0.5, 0.6) is 0 Å². The Morgan fingerprint density at radius 1 is 1.39 bits per heavy atom. The molecule has 0 amide bonds. The lowest BCUT2D eigenvalue weighted by molar-refractivity contribution is -0.144. The molecule has 0 bridgehead atoms. The van der Waals surface area contributed by atoms with Crippen LogP contribution >= 0.6 is 0 Å². The van der Waals surface area contributed by atoms with Gasteiger partial charge in [0.2, 0.25) is 0 Å². The SMILES string of the molecule is CCc1nccn1C(C)(C(=O)O)c1ccccn1. The van der Waals surface area contributed by atoms with Crippen molar-refractivity contribution in [2.24, 2.45) is 0 Å². The topological polar surface area (TPSA) is 68.0 Å². The molecular weight excluding hydrogens is 230 g/mol. The number of aromatic nitrogens is 3. The largest absolute Gasteiger partial charge is 0.479 e. The van der Waals surface area contributed by atoms with Crippen LogP contribution in [0.4, 0.5) is 0 Å². The molecule has 5 nitrogen and oxygen atoms in total. The van der Waals surface area contributed by atoms with Crippen molar-refractivity contribution in [2.75, 3.05) is 0 Å². The van der Waals surface area contributed by atoms with Gasteiger partial charge in [0.15, 0.2) is 5.54 Å². The summed E-state index contributed by atoms with van der Waals surface area (Å²) in [6.07, 6.45) is 5.56. The number of carboxylic acids is 1. The van der Waals surface area contributed by atoms with Crippen molar-refractivity contribution in [3.8, 4) is 0 Å². The van der Waals surface area contributed by atoms with Gasteiger partial charge in [0.05, 0.1) is 5.69 Å². The first-order valence-corrected chi connectivity index (χ1v) is 5.78. The molecule has 2 aromatic rings. The number of imidazole rings is 1. The van der Waals surface area contributed by atoms with Gasteiger partial charge in [-0.15, -0.1) is 0 Å². The fourth-order valence-electron chi connectivity index (χ4n) is 1.99. The molecular formula is C13H15N3O2. The number of nitrogens with zero attached hydrogens (tertiary/aromatic N) is 3. The highest BCUT2D eigenvalue weighted by molar-refractivity contribution is 5.80. The van der Waals surface area contributed by atoms with E-state index in [0.717, 1.165) is 5.82 Å². The maximum absolute atomic E-state index is 11.7. The standard InChI is InChI=1S/C13H15N3O2/c1-3-11-15-8-9-16(11)13(2,12(17)18)10-6-4-5-7-14-10/h4-9H,3H2,1-2H3,(H,17,18). The van der Waals surface area contributed by atoms with Crippen LogP contribution in [0.15, 0.2) is 36.8 Å². The number of carboxylic acid groups (broad SMARTS) is 1. The van der Waals surface area contributed by atoms with E-state index in [-0.39, 0.29) is 0 Å². The lowest BCUT2D eigenvalue weighted by Gasteiger charge is -2.27. The molecule has 0 aliphatic heterocycles. The lowest BCUT2D eigenvalue weighted by atomic mass is 9.96. The van der Waals surface area contributed by atoms with Crippen LogP contribution in [0.1, 0.15) is 25.4 Å². The molecule has 0 saturated carbocycles. The second-order valence-corrected chi connectivity index (χ2v) is 4.16. The first kappa shape index (κ1) is 12.3. The number of rotatable bonds is 4. The highest BCUT2D eigenvalue weighted by Gasteiger charge is 2.39. The summed E-state index contributed by atoms with van der Waals surface area (Å²) in [5, 5.41) is 9.59. The summed E-state index contributed by atoms with van der Waals surface area (Å²) >= 11 is 0. The Bertz CT molecular complexity index is 550. The van der Waals surface area contributed by atoms with E-state index in [0.29, 0.717) is 12.1 Å². The normalized spacial score (nSPS) is 14.1. The molecule has 1 atom stereocenters. The second kappa shape index (κ2) is 4.60. The maximum atomic E-state index is 11.7. The number of aryl methyl sites for hydroxylation is 1. The Morgan fingerprint density at radius 2 is 2.17 bits per heavy atom. The molecule has 0 aliphatic carbocycles. The lowest BCUT2D eigenvalue weighted by Crippen LogP contribution is -2.41. The van der Waals surface area contributed by atoms with E-state index in [2.05, 4.69) is 9.97 Å². The molecule has 5 heteroatoms. The Kier molecular flexibility index (Phi) is 3.14. The third kappa shape index (κ3) is 1.77. The zero-order valence-corrected chi connectivity index (χ0v) is 10.4. The van der Waals surface area contributed by atoms with E-state index in [1.807, 2.05) is 6.92 Å². The molecule has 1 unspecified atom stereocenters. The monoisotopic (exact) mass is 245 g/mol. The van der Waals surface area contributed by atoms with Gasteiger partial charge in [-0.25, -0.2) is 9.78 Å². The van der Waals surface area contributed by atoms with Crippen LogP contribution < -0.4 is 0 Å². The average molecular weight is 245 g/mol. The van der Waals surface area contributed by atoms with Gasteiger partial charge in [-0.3, -0.25) is 4.98 Å². The molecule has 0 radical (unpaired) electrons. The molecule has 2 heterocycles. The van der Waals surface area contributed by atoms with Crippen molar-refractivity contribution in [2.45, 2.75) is 25.8 Å². The van der Waals surface area contributed by atoms with Crippen molar-refractivity contribution < 1.29 is 9.90 Å². The average Bonchev–Trinajstić information content (AvgIpc) is 2.87. The molecule has 2 rings (SSSR count). The predicted octanol–water partition coefficient (Wildman–Crippen LogP) is 1.69. The maximum Gasteiger partial charge on any atom is 0.335 e. The summed E-state index contributed by atoms with van der Waals surface area (Å²) in [5.41, 5.74) is -0.742. The quantitative estimate of drug-likeness (QED) is 0.890. The number of aliphatic carboxylic acids is 1. The first-order chi connectivity index (χ1) is 8.60. The van der Waals surface area contributed by atoms with E-state index < -0.39 is 11.5 Å². The summed E-state index contributed by atoms with van der Waals surface area (Å²) in [5.74, 6) is -0.223. The molecule has 0 fully saturated rings.